The molecule has 0 spiro atoms. The SMILES string of the molecule is Cc1cc(CCCCCCNC2CC2)c(C)s1. The van der Waals surface area contributed by atoms with E-state index in [1.54, 1.807) is 5.56 Å². The van der Waals surface area contributed by atoms with E-state index in [4.69, 9.17) is 0 Å². The zero-order chi connectivity index (χ0) is 12.1. The number of hydrogen-bond acceptors (Lipinski definition) is 2. The van der Waals surface area contributed by atoms with E-state index in [2.05, 4.69) is 25.2 Å². The lowest BCUT2D eigenvalue weighted by atomic mass is 10.1. The van der Waals surface area contributed by atoms with Gasteiger partial charge in [-0.25, -0.2) is 0 Å². The summed E-state index contributed by atoms with van der Waals surface area (Å²) in [5.74, 6) is 0. The van der Waals surface area contributed by atoms with E-state index in [0.717, 1.165) is 6.04 Å². The quantitative estimate of drug-likeness (QED) is 0.682. The van der Waals surface area contributed by atoms with Gasteiger partial charge in [0.25, 0.3) is 0 Å². The third-order valence-electron chi connectivity index (χ3n) is 3.53. The van der Waals surface area contributed by atoms with Crippen molar-refractivity contribution in [3.63, 3.8) is 0 Å². The number of aryl methyl sites for hydroxylation is 3. The van der Waals surface area contributed by atoms with E-state index >= 15 is 0 Å². The summed E-state index contributed by atoms with van der Waals surface area (Å²) in [7, 11) is 0. The third-order valence-corrected chi connectivity index (χ3v) is 4.54. The predicted molar refractivity (Wildman–Crippen MR) is 77.0 cm³/mol. The van der Waals surface area contributed by atoms with Crippen LogP contribution < -0.4 is 5.32 Å². The van der Waals surface area contributed by atoms with Crippen molar-refractivity contribution in [1.82, 2.24) is 5.32 Å². The average molecular weight is 251 g/mol. The number of thiophene rings is 1. The molecule has 0 radical (unpaired) electrons. The predicted octanol–water partition coefficient (Wildman–Crippen LogP) is 4.22. The highest BCUT2D eigenvalue weighted by molar-refractivity contribution is 7.12. The summed E-state index contributed by atoms with van der Waals surface area (Å²) < 4.78 is 0. The highest BCUT2D eigenvalue weighted by atomic mass is 32.1. The Morgan fingerprint density at radius 3 is 2.59 bits per heavy atom. The smallest absolute Gasteiger partial charge is 0.00682 e. The van der Waals surface area contributed by atoms with E-state index in [-0.39, 0.29) is 0 Å². The van der Waals surface area contributed by atoms with Crippen molar-refractivity contribution >= 4 is 11.3 Å². The summed E-state index contributed by atoms with van der Waals surface area (Å²) in [5, 5.41) is 3.58. The summed E-state index contributed by atoms with van der Waals surface area (Å²) >= 11 is 1.94. The molecule has 0 aliphatic heterocycles. The first-order valence-electron chi connectivity index (χ1n) is 7.05. The van der Waals surface area contributed by atoms with Gasteiger partial charge in [0.15, 0.2) is 0 Å². The minimum atomic E-state index is 0.881. The van der Waals surface area contributed by atoms with Crippen LogP contribution in [0.3, 0.4) is 0 Å². The standard InChI is InChI=1S/C15H25NS/c1-12-11-14(13(2)17-12)7-5-3-4-6-10-16-15-8-9-15/h11,15-16H,3-10H2,1-2H3. The van der Waals surface area contributed by atoms with Crippen LogP contribution in [0.2, 0.25) is 0 Å². The van der Waals surface area contributed by atoms with E-state index in [9.17, 15) is 0 Å². The number of rotatable bonds is 8. The molecule has 0 unspecified atom stereocenters. The van der Waals surface area contributed by atoms with Crippen LogP contribution in [0.5, 0.6) is 0 Å². The van der Waals surface area contributed by atoms with Crippen molar-refractivity contribution in [2.75, 3.05) is 6.54 Å². The Bertz CT molecular complexity index is 339. The summed E-state index contributed by atoms with van der Waals surface area (Å²) in [4.78, 5) is 2.99. The lowest BCUT2D eigenvalue weighted by Crippen LogP contribution is -2.17. The first kappa shape index (κ1) is 13.1. The molecule has 0 atom stereocenters. The molecule has 0 saturated heterocycles. The van der Waals surface area contributed by atoms with Gasteiger partial charge in [0.1, 0.15) is 0 Å². The van der Waals surface area contributed by atoms with E-state index in [1.807, 2.05) is 11.3 Å². The lowest BCUT2D eigenvalue weighted by Gasteiger charge is -2.03. The van der Waals surface area contributed by atoms with Crippen molar-refractivity contribution in [3.8, 4) is 0 Å². The van der Waals surface area contributed by atoms with Crippen LogP contribution in [0, 0.1) is 13.8 Å². The zero-order valence-electron chi connectivity index (χ0n) is 11.2. The molecule has 1 aromatic heterocycles. The number of hydrogen-bond donors (Lipinski definition) is 1. The topological polar surface area (TPSA) is 12.0 Å². The van der Waals surface area contributed by atoms with Crippen LogP contribution in [0.1, 0.15) is 53.8 Å². The Labute approximate surface area is 110 Å². The molecule has 0 aromatic carbocycles. The van der Waals surface area contributed by atoms with Gasteiger partial charge in [-0.2, -0.15) is 0 Å². The van der Waals surface area contributed by atoms with E-state index < -0.39 is 0 Å². The molecular weight excluding hydrogens is 226 g/mol. The van der Waals surface area contributed by atoms with Gasteiger partial charge in [0, 0.05) is 15.8 Å². The molecule has 1 aliphatic carbocycles. The fourth-order valence-electron chi connectivity index (χ4n) is 2.32. The molecule has 96 valence electrons. The summed E-state index contributed by atoms with van der Waals surface area (Å²) in [6, 6.07) is 3.25. The summed E-state index contributed by atoms with van der Waals surface area (Å²) in [6.45, 7) is 5.71. The van der Waals surface area contributed by atoms with Crippen molar-refractivity contribution in [3.05, 3.63) is 21.4 Å². The number of nitrogens with one attached hydrogen (secondary N) is 1. The van der Waals surface area contributed by atoms with Crippen molar-refractivity contribution in [2.45, 2.75) is 64.8 Å². The minimum Gasteiger partial charge on any atom is -0.314 e. The molecule has 1 nitrogen and oxygen atoms in total. The molecule has 0 bridgehead atoms. The molecule has 1 fully saturated rings. The van der Waals surface area contributed by atoms with Crippen LogP contribution in [0.4, 0.5) is 0 Å². The normalized spacial score (nSPS) is 15.4. The molecule has 1 aliphatic rings. The van der Waals surface area contributed by atoms with Gasteiger partial charge < -0.3 is 5.32 Å². The first-order valence-corrected chi connectivity index (χ1v) is 7.86. The fourth-order valence-corrected chi connectivity index (χ4v) is 3.30. The van der Waals surface area contributed by atoms with Crippen LogP contribution in [-0.4, -0.2) is 12.6 Å². The Hall–Kier alpha value is -0.340. The van der Waals surface area contributed by atoms with Gasteiger partial charge in [-0.3, -0.25) is 0 Å². The average Bonchev–Trinajstić information content (AvgIpc) is 3.04. The van der Waals surface area contributed by atoms with Crippen LogP contribution >= 0.6 is 11.3 Å². The number of unbranched alkanes of at least 4 members (excludes halogenated alkanes) is 3. The van der Waals surface area contributed by atoms with Gasteiger partial charge in [-0.05, 0) is 64.1 Å². The molecule has 2 heteroatoms. The highest BCUT2D eigenvalue weighted by Gasteiger charge is 2.19. The van der Waals surface area contributed by atoms with Crippen molar-refractivity contribution in [1.29, 1.82) is 0 Å². The van der Waals surface area contributed by atoms with Gasteiger partial charge >= 0.3 is 0 Å². The van der Waals surface area contributed by atoms with Gasteiger partial charge in [-0.1, -0.05) is 12.8 Å². The van der Waals surface area contributed by atoms with Gasteiger partial charge in [-0.15, -0.1) is 11.3 Å². The lowest BCUT2D eigenvalue weighted by molar-refractivity contribution is 0.585. The fraction of sp³-hybridized carbons (Fsp3) is 0.733. The van der Waals surface area contributed by atoms with Crippen molar-refractivity contribution in [2.24, 2.45) is 0 Å². The van der Waals surface area contributed by atoms with Crippen molar-refractivity contribution < 1.29 is 0 Å². The summed E-state index contributed by atoms with van der Waals surface area (Å²) in [6.07, 6.45) is 9.61. The first-order chi connectivity index (χ1) is 8.25. The van der Waals surface area contributed by atoms with Crippen LogP contribution in [0.25, 0.3) is 0 Å². The molecule has 1 aromatic rings. The monoisotopic (exact) mass is 251 g/mol. The maximum atomic E-state index is 3.58. The zero-order valence-corrected chi connectivity index (χ0v) is 12.0. The van der Waals surface area contributed by atoms with Gasteiger partial charge in [0.05, 0.1) is 0 Å². The molecule has 1 saturated carbocycles. The van der Waals surface area contributed by atoms with E-state index in [1.165, 1.54) is 61.2 Å². The Balaban J connectivity index is 1.49. The highest BCUT2D eigenvalue weighted by Crippen LogP contribution is 2.22. The van der Waals surface area contributed by atoms with Gasteiger partial charge in [0.2, 0.25) is 0 Å². The molecule has 1 N–H and O–H groups in total. The maximum absolute atomic E-state index is 3.58. The second kappa shape index (κ2) is 6.55. The minimum absolute atomic E-state index is 0.881. The Morgan fingerprint density at radius 2 is 1.94 bits per heavy atom. The summed E-state index contributed by atoms with van der Waals surface area (Å²) in [5.41, 5.74) is 1.59. The molecular formula is C15H25NS. The maximum Gasteiger partial charge on any atom is 0.00682 e. The molecule has 1 heterocycles. The van der Waals surface area contributed by atoms with Crippen LogP contribution in [0.15, 0.2) is 6.07 Å². The molecule has 2 rings (SSSR count). The second-order valence-electron chi connectivity index (χ2n) is 5.33. The molecule has 0 amide bonds. The second-order valence-corrected chi connectivity index (χ2v) is 6.79. The molecule has 17 heavy (non-hydrogen) atoms. The largest absolute Gasteiger partial charge is 0.314 e. The Kier molecular flexibility index (Phi) is 5.05. The Morgan fingerprint density at radius 1 is 1.18 bits per heavy atom. The van der Waals surface area contributed by atoms with Crippen LogP contribution in [-0.2, 0) is 6.42 Å². The third kappa shape index (κ3) is 4.81. The van der Waals surface area contributed by atoms with E-state index in [0.29, 0.717) is 0 Å².